The minimum Gasteiger partial charge on any atom is -0.454 e. The summed E-state index contributed by atoms with van der Waals surface area (Å²) in [5, 5.41) is 0. The maximum Gasteiger partial charge on any atom is 0.254 e. The van der Waals surface area contributed by atoms with E-state index in [0.29, 0.717) is 17.1 Å². The van der Waals surface area contributed by atoms with E-state index in [4.69, 9.17) is 9.47 Å². The smallest absolute Gasteiger partial charge is 0.254 e. The molecule has 4 rings (SSSR count). The van der Waals surface area contributed by atoms with Crippen LogP contribution in [0.5, 0.6) is 11.5 Å². The van der Waals surface area contributed by atoms with Crippen LogP contribution in [-0.4, -0.2) is 43.8 Å². The van der Waals surface area contributed by atoms with E-state index in [0.717, 1.165) is 26.2 Å². The predicted molar refractivity (Wildman–Crippen MR) is 91.9 cm³/mol. The van der Waals surface area contributed by atoms with Gasteiger partial charge in [-0.05, 0) is 42.8 Å². The number of amides is 1. The van der Waals surface area contributed by atoms with Gasteiger partial charge < -0.3 is 19.3 Å². The quantitative estimate of drug-likeness (QED) is 0.852. The Balaban J connectivity index is 1.43. The molecule has 5 heteroatoms. The first-order valence-corrected chi connectivity index (χ1v) is 8.21. The number of hydrogen-bond acceptors (Lipinski definition) is 4. The summed E-state index contributed by atoms with van der Waals surface area (Å²) >= 11 is 0. The average Bonchev–Trinajstić information content (AvgIpc) is 3.09. The van der Waals surface area contributed by atoms with Crippen LogP contribution in [0.15, 0.2) is 42.5 Å². The molecule has 5 nitrogen and oxygen atoms in total. The first-order valence-electron chi connectivity index (χ1n) is 8.21. The molecule has 2 heterocycles. The van der Waals surface area contributed by atoms with Crippen molar-refractivity contribution in [1.82, 2.24) is 4.90 Å². The highest BCUT2D eigenvalue weighted by Gasteiger charge is 2.24. The summed E-state index contributed by atoms with van der Waals surface area (Å²) in [5.74, 6) is 1.41. The topological polar surface area (TPSA) is 42.0 Å². The zero-order chi connectivity index (χ0) is 16.5. The molecule has 0 bridgehead atoms. The van der Waals surface area contributed by atoms with E-state index < -0.39 is 0 Å². The fraction of sp³-hybridized carbons (Fsp3) is 0.316. The molecule has 0 atom stereocenters. The maximum atomic E-state index is 12.7. The first kappa shape index (κ1) is 14.9. The second-order valence-electron chi connectivity index (χ2n) is 6.19. The van der Waals surface area contributed by atoms with Gasteiger partial charge in [-0.3, -0.25) is 4.79 Å². The molecule has 1 amide bonds. The van der Waals surface area contributed by atoms with Crippen molar-refractivity contribution in [2.75, 3.05) is 37.9 Å². The number of nitrogens with zero attached hydrogens (tertiary/aromatic N) is 2. The van der Waals surface area contributed by atoms with Gasteiger partial charge in [0, 0.05) is 37.4 Å². The minimum absolute atomic E-state index is 0.0530. The molecule has 24 heavy (non-hydrogen) atoms. The van der Waals surface area contributed by atoms with Crippen LogP contribution < -0.4 is 14.4 Å². The van der Waals surface area contributed by atoms with Crippen molar-refractivity contribution in [3.8, 4) is 11.5 Å². The Morgan fingerprint density at radius 1 is 0.958 bits per heavy atom. The van der Waals surface area contributed by atoms with Gasteiger partial charge in [0.25, 0.3) is 5.91 Å². The van der Waals surface area contributed by atoms with Crippen molar-refractivity contribution in [1.29, 1.82) is 0 Å². The Hall–Kier alpha value is -2.69. The summed E-state index contributed by atoms with van der Waals surface area (Å²) in [4.78, 5) is 16.9. The number of piperazine rings is 1. The molecule has 0 unspecified atom stereocenters. The van der Waals surface area contributed by atoms with Gasteiger partial charge in [0.1, 0.15) is 0 Å². The zero-order valence-corrected chi connectivity index (χ0v) is 13.7. The van der Waals surface area contributed by atoms with E-state index in [1.165, 1.54) is 11.3 Å². The molecule has 0 saturated carbocycles. The molecular weight excluding hydrogens is 304 g/mol. The van der Waals surface area contributed by atoms with Crippen LogP contribution in [0.3, 0.4) is 0 Å². The molecule has 2 aliphatic rings. The fourth-order valence-corrected chi connectivity index (χ4v) is 3.20. The van der Waals surface area contributed by atoms with Crippen LogP contribution in [0.4, 0.5) is 5.69 Å². The minimum atomic E-state index is 0.0530. The monoisotopic (exact) mass is 324 g/mol. The lowest BCUT2D eigenvalue weighted by Crippen LogP contribution is -2.48. The largest absolute Gasteiger partial charge is 0.454 e. The summed E-state index contributed by atoms with van der Waals surface area (Å²) in [6, 6.07) is 13.9. The van der Waals surface area contributed by atoms with Crippen molar-refractivity contribution < 1.29 is 14.3 Å². The molecule has 0 aliphatic carbocycles. The van der Waals surface area contributed by atoms with Gasteiger partial charge in [-0.1, -0.05) is 12.1 Å². The number of carbonyl (C=O) groups excluding carboxylic acids is 1. The highest BCUT2D eigenvalue weighted by molar-refractivity contribution is 5.95. The number of aryl methyl sites for hydroxylation is 1. The lowest BCUT2D eigenvalue weighted by Gasteiger charge is -2.36. The number of anilines is 1. The van der Waals surface area contributed by atoms with E-state index in [1.807, 2.05) is 11.0 Å². The van der Waals surface area contributed by atoms with Crippen LogP contribution >= 0.6 is 0 Å². The van der Waals surface area contributed by atoms with E-state index in [9.17, 15) is 4.79 Å². The standard InChI is InChI=1S/C19H20N2O3/c1-14-3-2-4-16(11-14)20-7-9-21(10-8-20)19(22)15-5-6-17-18(12-15)24-13-23-17/h2-6,11-12H,7-10,13H2,1H3. The fourth-order valence-electron chi connectivity index (χ4n) is 3.20. The highest BCUT2D eigenvalue weighted by atomic mass is 16.7. The van der Waals surface area contributed by atoms with Gasteiger partial charge in [-0.2, -0.15) is 0 Å². The molecule has 0 aromatic heterocycles. The Labute approximate surface area is 141 Å². The number of benzene rings is 2. The Kier molecular flexibility index (Phi) is 3.76. The molecule has 2 aliphatic heterocycles. The zero-order valence-electron chi connectivity index (χ0n) is 13.7. The Bertz CT molecular complexity index is 767. The summed E-state index contributed by atoms with van der Waals surface area (Å²) in [6.45, 7) is 5.47. The van der Waals surface area contributed by atoms with Gasteiger partial charge in [0.2, 0.25) is 6.79 Å². The van der Waals surface area contributed by atoms with E-state index in [2.05, 4.69) is 36.1 Å². The second kappa shape index (κ2) is 6.07. The van der Waals surface area contributed by atoms with E-state index in [-0.39, 0.29) is 12.7 Å². The van der Waals surface area contributed by atoms with Gasteiger partial charge >= 0.3 is 0 Å². The number of hydrogen-bond donors (Lipinski definition) is 0. The lowest BCUT2D eigenvalue weighted by atomic mass is 10.1. The highest BCUT2D eigenvalue weighted by Crippen LogP contribution is 2.33. The van der Waals surface area contributed by atoms with Gasteiger partial charge in [-0.15, -0.1) is 0 Å². The van der Waals surface area contributed by atoms with Gasteiger partial charge in [0.05, 0.1) is 0 Å². The lowest BCUT2D eigenvalue weighted by molar-refractivity contribution is 0.0746. The summed E-state index contributed by atoms with van der Waals surface area (Å²) in [5.41, 5.74) is 3.14. The van der Waals surface area contributed by atoms with Crippen molar-refractivity contribution in [2.45, 2.75) is 6.92 Å². The molecule has 0 spiro atoms. The van der Waals surface area contributed by atoms with Crippen molar-refractivity contribution in [3.63, 3.8) is 0 Å². The molecule has 0 N–H and O–H groups in total. The third-order valence-corrected chi connectivity index (χ3v) is 4.55. The molecule has 1 saturated heterocycles. The second-order valence-corrected chi connectivity index (χ2v) is 6.19. The maximum absolute atomic E-state index is 12.7. The molecular formula is C19H20N2O3. The Morgan fingerprint density at radius 2 is 1.75 bits per heavy atom. The van der Waals surface area contributed by atoms with Crippen LogP contribution in [0.25, 0.3) is 0 Å². The molecule has 0 radical (unpaired) electrons. The van der Waals surface area contributed by atoms with Crippen molar-refractivity contribution in [2.24, 2.45) is 0 Å². The summed E-state index contributed by atoms with van der Waals surface area (Å²) in [7, 11) is 0. The van der Waals surface area contributed by atoms with Crippen molar-refractivity contribution >= 4 is 11.6 Å². The number of carbonyl (C=O) groups is 1. The molecule has 2 aromatic rings. The van der Waals surface area contributed by atoms with Gasteiger partial charge in [0.15, 0.2) is 11.5 Å². The van der Waals surface area contributed by atoms with E-state index >= 15 is 0 Å². The van der Waals surface area contributed by atoms with Crippen LogP contribution in [0, 0.1) is 6.92 Å². The molecule has 2 aromatic carbocycles. The first-order chi connectivity index (χ1) is 11.7. The van der Waals surface area contributed by atoms with Crippen molar-refractivity contribution in [3.05, 3.63) is 53.6 Å². The Morgan fingerprint density at radius 3 is 2.54 bits per heavy atom. The number of rotatable bonds is 2. The van der Waals surface area contributed by atoms with E-state index in [1.54, 1.807) is 12.1 Å². The molecule has 124 valence electrons. The number of fused-ring (bicyclic) bond motifs is 1. The average molecular weight is 324 g/mol. The van der Waals surface area contributed by atoms with Crippen LogP contribution in [-0.2, 0) is 0 Å². The third-order valence-electron chi connectivity index (χ3n) is 4.55. The van der Waals surface area contributed by atoms with Gasteiger partial charge in [-0.25, -0.2) is 0 Å². The molecule has 1 fully saturated rings. The van der Waals surface area contributed by atoms with Crippen LogP contribution in [0.2, 0.25) is 0 Å². The summed E-state index contributed by atoms with van der Waals surface area (Å²) in [6.07, 6.45) is 0. The third kappa shape index (κ3) is 2.77. The normalized spacial score (nSPS) is 16.4. The summed E-state index contributed by atoms with van der Waals surface area (Å²) < 4.78 is 10.7. The number of ether oxygens (including phenoxy) is 2. The SMILES string of the molecule is Cc1cccc(N2CCN(C(=O)c3ccc4c(c3)OCO4)CC2)c1. The predicted octanol–water partition coefficient (Wildman–Crippen LogP) is 2.69. The van der Waals surface area contributed by atoms with Crippen LogP contribution in [0.1, 0.15) is 15.9 Å².